The molecule has 0 rings (SSSR count). The molecule has 0 aromatic carbocycles. The molecule has 0 fully saturated rings. The van der Waals surface area contributed by atoms with Crippen molar-refractivity contribution in [1.82, 2.24) is 0 Å². The van der Waals surface area contributed by atoms with E-state index in [1.54, 1.807) is 0 Å². The number of hydrogen-bond donors (Lipinski definition) is 0. The normalized spacial score (nSPS) is 9.83. The maximum atomic E-state index is 8.55. The molecule has 0 aromatic rings. The van der Waals surface area contributed by atoms with Crippen molar-refractivity contribution in [3.63, 3.8) is 0 Å². The number of hydrogen-bond acceptors (Lipinski definition) is 8. The summed E-state index contributed by atoms with van der Waals surface area (Å²) in [7, 11) is -10.8. The zero-order valence-electron chi connectivity index (χ0n) is 5.28. The van der Waals surface area contributed by atoms with Gasteiger partial charge in [0.05, 0.1) is 0 Å². The molecule has 0 saturated carbocycles. The van der Waals surface area contributed by atoms with Crippen molar-refractivity contribution in [2.75, 3.05) is 0 Å². The van der Waals surface area contributed by atoms with E-state index in [-0.39, 0.29) is 40.5 Å². The molecule has 0 bridgehead atoms. The van der Waals surface area contributed by atoms with Gasteiger partial charge in [-0.3, -0.25) is 0 Å². The van der Waals surface area contributed by atoms with Gasteiger partial charge in [0.15, 0.2) is 0 Å². The van der Waals surface area contributed by atoms with Gasteiger partial charge in [-0.15, -0.1) is 0 Å². The molecule has 8 nitrogen and oxygen atoms in total. The summed E-state index contributed by atoms with van der Waals surface area (Å²) in [5.74, 6) is 0. The molecule has 0 spiro atoms. The topological polar surface area (TPSA) is 172 Å². The van der Waals surface area contributed by atoms with Gasteiger partial charge in [-0.25, -0.2) is 0 Å². The average Bonchev–Trinajstić information content (AvgIpc) is 1.12. The second-order valence-electron chi connectivity index (χ2n) is 0.894. The second kappa shape index (κ2) is 9.10. The van der Waals surface area contributed by atoms with Crippen molar-refractivity contribution in [3.8, 4) is 0 Å². The predicted octanol–water partition coefficient (Wildman–Crippen LogP) is -5.65. The molecule has 0 atom stereocenters. The molecule has 0 saturated heterocycles. The van der Waals surface area contributed by atoms with Crippen LogP contribution in [0.25, 0.3) is 0 Å². The van der Waals surface area contributed by atoms with E-state index in [1.165, 1.54) is 0 Å². The molecule has 0 radical (unpaired) electrons. The Bertz CT molecular complexity index is 129. The van der Waals surface area contributed by atoms with E-state index < -0.39 is 15.6 Å². The Morgan fingerprint density at radius 1 is 0.667 bits per heavy atom. The molecule has 70 valence electrons. The van der Waals surface area contributed by atoms with Gasteiger partial charge in [-0.05, 0) is 0 Å². The van der Waals surface area contributed by atoms with E-state index in [9.17, 15) is 0 Å². The first kappa shape index (κ1) is 23.4. The molecule has 12 heavy (non-hydrogen) atoms. The molecule has 0 unspecified atom stereocenters. The second-order valence-corrected chi connectivity index (χ2v) is 2.68. The van der Waals surface area contributed by atoms with E-state index in [0.717, 1.165) is 0 Å². The summed E-state index contributed by atoms with van der Waals surface area (Å²) < 4.78 is 17.1. The van der Waals surface area contributed by atoms with Crippen molar-refractivity contribution < 1.29 is 79.0 Å². The van der Waals surface area contributed by atoms with Crippen LogP contribution >= 0.6 is 15.6 Å². The fourth-order valence-electron chi connectivity index (χ4n) is 0. The zero-order chi connectivity index (χ0) is 9.00. The largest absolute Gasteiger partial charge is 2.00 e. The Kier molecular flexibility index (Phi) is 17.7. The molecular formula is O8P2WZn-4. The van der Waals surface area contributed by atoms with Gasteiger partial charge in [0.1, 0.15) is 0 Å². The van der Waals surface area contributed by atoms with Crippen LogP contribution in [0.3, 0.4) is 0 Å². The monoisotopic (exact) mass is 438 g/mol. The molecule has 0 amide bonds. The molecule has 0 aromatic heterocycles. The van der Waals surface area contributed by atoms with E-state index in [1.807, 2.05) is 0 Å². The molecule has 0 aliphatic rings. The summed E-state index contributed by atoms with van der Waals surface area (Å²) in [6.07, 6.45) is 0. The van der Waals surface area contributed by atoms with Crippen LogP contribution in [0.5, 0.6) is 0 Å². The maximum Gasteiger partial charge on any atom is 2.00 e. The minimum Gasteiger partial charge on any atom is -0.822 e. The number of phosphoric acid groups is 2. The van der Waals surface area contributed by atoms with Crippen molar-refractivity contribution >= 4 is 15.6 Å². The Balaban J connectivity index is -0.0000000457. The molecule has 0 aliphatic heterocycles. The van der Waals surface area contributed by atoms with Crippen molar-refractivity contribution in [1.29, 1.82) is 0 Å². The quantitative estimate of drug-likeness (QED) is 0.265. The van der Waals surface area contributed by atoms with Crippen LogP contribution in [0, 0.1) is 0 Å². The van der Waals surface area contributed by atoms with Crippen molar-refractivity contribution in [3.05, 3.63) is 0 Å². The summed E-state index contributed by atoms with van der Waals surface area (Å²) in [4.78, 5) is 51.3. The fraction of sp³-hybridized carbons (Fsp3) is 0. The Labute approximate surface area is 94.5 Å². The van der Waals surface area contributed by atoms with E-state index >= 15 is 0 Å². The first-order valence-corrected chi connectivity index (χ1v) is 4.38. The Morgan fingerprint density at radius 2 is 0.667 bits per heavy atom. The van der Waals surface area contributed by atoms with E-state index in [0.29, 0.717) is 0 Å². The third-order valence-electron chi connectivity index (χ3n) is 0. The fourth-order valence-corrected chi connectivity index (χ4v) is 0. The third kappa shape index (κ3) is 545. The summed E-state index contributed by atoms with van der Waals surface area (Å²) in [5.41, 5.74) is 0. The first-order chi connectivity index (χ1) is 4.00. The average molecular weight is 439 g/mol. The molecule has 0 heterocycles. The Hall–Kier alpha value is 1.53. The van der Waals surface area contributed by atoms with Crippen molar-refractivity contribution in [2.24, 2.45) is 0 Å². The van der Waals surface area contributed by atoms with Crippen LogP contribution in [0.1, 0.15) is 0 Å². The van der Waals surface area contributed by atoms with Gasteiger partial charge < -0.3 is 38.5 Å². The van der Waals surface area contributed by atoms with Gasteiger partial charge in [0, 0.05) is 21.1 Å². The third-order valence-corrected chi connectivity index (χ3v) is 0. The van der Waals surface area contributed by atoms with Crippen LogP contribution in [-0.4, -0.2) is 0 Å². The zero-order valence-corrected chi connectivity index (χ0v) is 13.0. The SMILES string of the molecule is O=P([O-])([O-])[O-].O=P([O-])([O-])[O-].[W].[Zn+2]. The smallest absolute Gasteiger partial charge is 0.822 e. The van der Waals surface area contributed by atoms with Crippen LogP contribution in [0.2, 0.25) is 0 Å². The predicted molar refractivity (Wildman–Crippen MR) is 15.2 cm³/mol. The standard InChI is InChI=1S/2H3O4P.W.Zn/c2*1-5(2,3)4;;/h2*(H3,1,2,3,4);;/q;;;+2/p-6. The molecular weight excluding hydrogens is 439 g/mol. The minimum absolute atomic E-state index is 0. The summed E-state index contributed by atoms with van der Waals surface area (Å²) in [6, 6.07) is 0. The molecule has 12 heteroatoms. The first-order valence-electron chi connectivity index (χ1n) is 1.46. The van der Waals surface area contributed by atoms with Crippen LogP contribution < -0.4 is 29.4 Å². The van der Waals surface area contributed by atoms with E-state index in [4.69, 9.17) is 38.5 Å². The maximum absolute atomic E-state index is 8.55. The summed E-state index contributed by atoms with van der Waals surface area (Å²) in [6.45, 7) is 0. The van der Waals surface area contributed by atoms with Gasteiger partial charge in [-0.2, -0.15) is 15.6 Å². The summed E-state index contributed by atoms with van der Waals surface area (Å²) >= 11 is 0. The summed E-state index contributed by atoms with van der Waals surface area (Å²) in [5, 5.41) is 0. The molecule has 0 aliphatic carbocycles. The van der Waals surface area contributed by atoms with Crippen LogP contribution in [-0.2, 0) is 49.7 Å². The van der Waals surface area contributed by atoms with Gasteiger partial charge >= 0.3 is 19.5 Å². The van der Waals surface area contributed by atoms with Gasteiger partial charge in [-0.1, -0.05) is 0 Å². The van der Waals surface area contributed by atoms with Gasteiger partial charge in [0.2, 0.25) is 0 Å². The van der Waals surface area contributed by atoms with Crippen molar-refractivity contribution in [2.45, 2.75) is 0 Å². The van der Waals surface area contributed by atoms with Crippen LogP contribution in [0.15, 0.2) is 0 Å². The van der Waals surface area contributed by atoms with Gasteiger partial charge in [0.25, 0.3) is 0 Å². The minimum atomic E-state index is -5.39. The Morgan fingerprint density at radius 3 is 0.667 bits per heavy atom. The molecule has 0 N–H and O–H groups in total. The van der Waals surface area contributed by atoms with Crippen LogP contribution in [0.4, 0.5) is 0 Å². The van der Waals surface area contributed by atoms with E-state index in [2.05, 4.69) is 0 Å². The number of rotatable bonds is 0.